The molecule has 0 aliphatic rings. The Morgan fingerprint density at radius 3 is 1.98 bits per heavy atom. The molecule has 8 rings (SSSR count). The first-order valence-corrected chi connectivity index (χ1v) is 13.7. The maximum Gasteiger partial charge on any atom is 0.179 e. The summed E-state index contributed by atoms with van der Waals surface area (Å²) in [6, 6.07) is 38.8. The minimum atomic E-state index is 0.572. The van der Waals surface area contributed by atoms with E-state index in [1.807, 2.05) is 54.7 Å². The van der Waals surface area contributed by atoms with E-state index in [0.29, 0.717) is 5.82 Å². The van der Waals surface area contributed by atoms with E-state index in [0.717, 1.165) is 72.2 Å². The zero-order valence-corrected chi connectivity index (χ0v) is 22.4. The van der Waals surface area contributed by atoms with Gasteiger partial charge in [0.1, 0.15) is 11.4 Å². The van der Waals surface area contributed by atoms with Crippen LogP contribution in [0.2, 0.25) is 0 Å². The fourth-order valence-electron chi connectivity index (χ4n) is 5.36. The van der Waals surface area contributed by atoms with E-state index in [9.17, 15) is 0 Å². The Hall–Kier alpha value is -5.88. The van der Waals surface area contributed by atoms with Crippen molar-refractivity contribution in [1.82, 2.24) is 29.9 Å². The second kappa shape index (κ2) is 9.94. The molecule has 0 amide bonds. The third-order valence-corrected chi connectivity index (χ3v) is 7.42. The summed E-state index contributed by atoms with van der Waals surface area (Å²) in [4.78, 5) is 28.6. The van der Waals surface area contributed by atoms with Crippen LogP contribution in [0.25, 0.3) is 78.0 Å². The summed E-state index contributed by atoms with van der Waals surface area (Å²) >= 11 is 0. The summed E-state index contributed by atoms with van der Waals surface area (Å²) in [6.45, 7) is 0. The first kappa shape index (κ1) is 24.0. The van der Waals surface area contributed by atoms with E-state index in [1.54, 1.807) is 12.4 Å². The van der Waals surface area contributed by atoms with Crippen LogP contribution in [0.5, 0.6) is 0 Å². The quantitative estimate of drug-likeness (QED) is 0.210. The molecule has 0 saturated heterocycles. The highest BCUT2D eigenvalue weighted by Gasteiger charge is 2.15. The Morgan fingerprint density at radius 1 is 0.405 bits per heavy atom. The topological polar surface area (TPSA) is 77.3 Å². The highest BCUT2D eigenvalue weighted by atomic mass is 14.9. The van der Waals surface area contributed by atoms with E-state index < -0.39 is 0 Å². The number of fused-ring (bicyclic) bond motifs is 4. The maximum absolute atomic E-state index is 5.05. The fraction of sp³-hybridized carbons (Fsp3) is 0. The lowest BCUT2D eigenvalue weighted by atomic mass is 9.98. The molecule has 6 heteroatoms. The minimum Gasteiger partial charge on any atom is -0.255 e. The van der Waals surface area contributed by atoms with Crippen LogP contribution in [0, 0.1) is 0 Å². The van der Waals surface area contributed by atoms with E-state index in [-0.39, 0.29) is 0 Å². The molecule has 0 aliphatic carbocycles. The van der Waals surface area contributed by atoms with Crippen molar-refractivity contribution in [1.29, 1.82) is 0 Å². The highest BCUT2D eigenvalue weighted by Crippen LogP contribution is 2.33. The Morgan fingerprint density at radius 2 is 1.14 bits per heavy atom. The summed E-state index contributed by atoms with van der Waals surface area (Å²) < 4.78 is 0. The largest absolute Gasteiger partial charge is 0.255 e. The predicted octanol–water partition coefficient (Wildman–Crippen LogP) is 8.18. The molecular weight excluding hydrogens is 516 g/mol. The standard InChI is InChI=1S/C36H22N6/c1-3-18-37-31(10-1)35-28-22-26(15-17-30(28)41-36(42-35)32-11-2-4-19-38-32)25-7-5-8-27(21-25)29-16-14-24-13-12-23-9-6-20-39-33(23)34(24)40-29/h1-22H. The number of hydrogen-bond acceptors (Lipinski definition) is 6. The van der Waals surface area contributed by atoms with Gasteiger partial charge in [-0.15, -0.1) is 0 Å². The molecule has 0 spiro atoms. The third kappa shape index (κ3) is 4.22. The molecule has 6 nitrogen and oxygen atoms in total. The van der Waals surface area contributed by atoms with Gasteiger partial charge in [-0.3, -0.25) is 15.0 Å². The SMILES string of the molecule is c1ccc(-c2nc(-c3ccccn3)c3cc(-c4cccc(-c5ccc6ccc7cccnc7c6n5)c4)ccc3n2)nc1. The van der Waals surface area contributed by atoms with Gasteiger partial charge < -0.3 is 0 Å². The lowest BCUT2D eigenvalue weighted by Gasteiger charge is -2.11. The van der Waals surface area contributed by atoms with Gasteiger partial charge in [0.25, 0.3) is 0 Å². The molecule has 3 aromatic carbocycles. The number of hydrogen-bond donors (Lipinski definition) is 0. The lowest BCUT2D eigenvalue weighted by molar-refractivity contribution is 1.16. The van der Waals surface area contributed by atoms with Crippen molar-refractivity contribution in [3.8, 4) is 45.3 Å². The number of rotatable bonds is 4. The molecular formula is C36H22N6. The minimum absolute atomic E-state index is 0.572. The van der Waals surface area contributed by atoms with Gasteiger partial charge in [-0.1, -0.05) is 60.7 Å². The molecule has 0 N–H and O–H groups in total. The zero-order valence-electron chi connectivity index (χ0n) is 22.4. The molecule has 0 bridgehead atoms. The van der Waals surface area contributed by atoms with E-state index >= 15 is 0 Å². The summed E-state index contributed by atoms with van der Waals surface area (Å²) in [6.07, 6.45) is 5.36. The number of aromatic nitrogens is 6. The molecule has 5 aromatic heterocycles. The van der Waals surface area contributed by atoms with Crippen molar-refractivity contribution >= 4 is 32.7 Å². The van der Waals surface area contributed by atoms with Crippen molar-refractivity contribution < 1.29 is 0 Å². The molecule has 8 aromatic rings. The van der Waals surface area contributed by atoms with Gasteiger partial charge in [-0.2, -0.15) is 0 Å². The Kier molecular flexibility index (Phi) is 5.67. The lowest BCUT2D eigenvalue weighted by Crippen LogP contribution is -1.97. The van der Waals surface area contributed by atoms with Crippen LogP contribution in [-0.4, -0.2) is 29.9 Å². The predicted molar refractivity (Wildman–Crippen MR) is 167 cm³/mol. The van der Waals surface area contributed by atoms with Crippen LogP contribution < -0.4 is 0 Å². The molecule has 0 radical (unpaired) electrons. The van der Waals surface area contributed by atoms with Crippen LogP contribution in [0.15, 0.2) is 134 Å². The van der Waals surface area contributed by atoms with Crippen LogP contribution in [-0.2, 0) is 0 Å². The normalized spacial score (nSPS) is 11.3. The highest BCUT2D eigenvalue weighted by molar-refractivity contribution is 6.03. The molecule has 0 unspecified atom stereocenters. The Balaban J connectivity index is 1.26. The monoisotopic (exact) mass is 538 g/mol. The van der Waals surface area contributed by atoms with Crippen molar-refractivity contribution in [2.75, 3.05) is 0 Å². The Labute approximate surface area is 241 Å². The average Bonchev–Trinajstić information content (AvgIpc) is 3.08. The van der Waals surface area contributed by atoms with Crippen LogP contribution in [0.4, 0.5) is 0 Å². The molecule has 0 fully saturated rings. The second-order valence-electron chi connectivity index (χ2n) is 10.0. The summed E-state index contributed by atoms with van der Waals surface area (Å²) in [5.41, 5.74) is 9.01. The van der Waals surface area contributed by atoms with Gasteiger partial charge in [0.05, 0.1) is 27.9 Å². The van der Waals surface area contributed by atoms with Gasteiger partial charge in [0, 0.05) is 40.3 Å². The van der Waals surface area contributed by atoms with Crippen molar-refractivity contribution in [2.24, 2.45) is 0 Å². The second-order valence-corrected chi connectivity index (χ2v) is 10.0. The van der Waals surface area contributed by atoms with Gasteiger partial charge in [0.2, 0.25) is 0 Å². The van der Waals surface area contributed by atoms with E-state index in [4.69, 9.17) is 15.0 Å². The first-order chi connectivity index (χ1) is 20.8. The Bertz CT molecular complexity index is 2250. The van der Waals surface area contributed by atoms with Crippen molar-refractivity contribution in [3.63, 3.8) is 0 Å². The maximum atomic E-state index is 5.05. The molecule has 0 saturated carbocycles. The van der Waals surface area contributed by atoms with Crippen molar-refractivity contribution in [3.05, 3.63) is 134 Å². The van der Waals surface area contributed by atoms with E-state index in [1.165, 1.54) is 0 Å². The van der Waals surface area contributed by atoms with Crippen molar-refractivity contribution in [2.45, 2.75) is 0 Å². The fourth-order valence-corrected chi connectivity index (χ4v) is 5.36. The number of nitrogens with zero attached hydrogens (tertiary/aromatic N) is 6. The van der Waals surface area contributed by atoms with E-state index in [2.05, 4.69) is 81.7 Å². The summed E-state index contributed by atoms with van der Waals surface area (Å²) in [7, 11) is 0. The van der Waals surface area contributed by atoms with Crippen LogP contribution >= 0.6 is 0 Å². The smallest absolute Gasteiger partial charge is 0.179 e. The van der Waals surface area contributed by atoms with Gasteiger partial charge in [-0.05, 0) is 65.7 Å². The number of benzene rings is 3. The molecule has 42 heavy (non-hydrogen) atoms. The van der Waals surface area contributed by atoms with Gasteiger partial charge in [0.15, 0.2) is 5.82 Å². The van der Waals surface area contributed by atoms with Gasteiger partial charge in [-0.25, -0.2) is 15.0 Å². The number of pyridine rings is 4. The van der Waals surface area contributed by atoms with Crippen LogP contribution in [0.1, 0.15) is 0 Å². The average molecular weight is 539 g/mol. The molecule has 0 aliphatic heterocycles. The zero-order chi connectivity index (χ0) is 27.9. The summed E-state index contributed by atoms with van der Waals surface area (Å²) in [5, 5.41) is 3.08. The van der Waals surface area contributed by atoms with Crippen LogP contribution in [0.3, 0.4) is 0 Å². The van der Waals surface area contributed by atoms with Gasteiger partial charge >= 0.3 is 0 Å². The molecule has 0 atom stereocenters. The first-order valence-electron chi connectivity index (χ1n) is 13.7. The molecule has 196 valence electrons. The molecule has 5 heterocycles. The third-order valence-electron chi connectivity index (χ3n) is 7.42. The summed E-state index contributed by atoms with van der Waals surface area (Å²) in [5.74, 6) is 0.572.